The topological polar surface area (TPSA) is 86.6 Å². The predicted molar refractivity (Wildman–Crippen MR) is 62.3 cm³/mol. The smallest absolute Gasteiger partial charge is 0.323 e. The lowest BCUT2D eigenvalue weighted by molar-refractivity contribution is -0.140. The van der Waals surface area contributed by atoms with Gasteiger partial charge in [0.15, 0.2) is 5.78 Å². The summed E-state index contributed by atoms with van der Waals surface area (Å²) in [6, 6.07) is 5.14. The number of aliphatic hydroxyl groups excluding tert-OH is 1. The summed E-state index contributed by atoms with van der Waals surface area (Å²) in [5, 5.41) is 20.4. The average Bonchev–Trinajstić information content (AvgIpc) is 2.30. The van der Waals surface area contributed by atoms with Crippen LogP contribution in [0.15, 0.2) is 24.3 Å². The third-order valence-corrected chi connectivity index (χ3v) is 2.41. The standard InChI is InChI=1S/C11H12ClNO4/c12-8-3-1-7(2-4-8)10(15)5-13-9(6-14)11(16)17/h1-4,9,13-14H,5-6H2,(H,16,17)/t9-/m0/s1. The molecule has 0 saturated heterocycles. The summed E-state index contributed by atoms with van der Waals surface area (Å²) in [5.41, 5.74) is 0.434. The Morgan fingerprint density at radius 2 is 1.88 bits per heavy atom. The largest absolute Gasteiger partial charge is 0.480 e. The van der Waals surface area contributed by atoms with E-state index in [1.165, 1.54) is 0 Å². The summed E-state index contributed by atoms with van der Waals surface area (Å²) in [7, 11) is 0. The van der Waals surface area contributed by atoms with Crippen LogP contribution in [0, 0.1) is 0 Å². The van der Waals surface area contributed by atoms with Crippen LogP contribution in [0.25, 0.3) is 0 Å². The first-order chi connectivity index (χ1) is 8.04. The van der Waals surface area contributed by atoms with Crippen molar-refractivity contribution in [3.63, 3.8) is 0 Å². The Hall–Kier alpha value is -1.43. The number of rotatable bonds is 6. The van der Waals surface area contributed by atoms with Crippen LogP contribution in [0.1, 0.15) is 10.4 Å². The van der Waals surface area contributed by atoms with E-state index < -0.39 is 18.6 Å². The molecule has 0 spiro atoms. The molecular formula is C11H12ClNO4. The van der Waals surface area contributed by atoms with Crippen LogP contribution in [-0.2, 0) is 4.79 Å². The van der Waals surface area contributed by atoms with Crippen molar-refractivity contribution < 1.29 is 19.8 Å². The maximum atomic E-state index is 11.6. The Kier molecular flexibility index (Phi) is 5.09. The number of nitrogens with one attached hydrogen (secondary N) is 1. The van der Waals surface area contributed by atoms with Crippen molar-refractivity contribution >= 4 is 23.4 Å². The highest BCUT2D eigenvalue weighted by Crippen LogP contribution is 2.09. The highest BCUT2D eigenvalue weighted by atomic mass is 35.5. The molecule has 1 atom stereocenters. The Bertz CT molecular complexity index is 404. The maximum absolute atomic E-state index is 11.6. The molecule has 0 aliphatic carbocycles. The molecule has 0 fully saturated rings. The van der Waals surface area contributed by atoms with E-state index in [2.05, 4.69) is 5.32 Å². The van der Waals surface area contributed by atoms with Gasteiger partial charge in [0.2, 0.25) is 0 Å². The molecule has 0 radical (unpaired) electrons. The molecule has 0 saturated carbocycles. The SMILES string of the molecule is O=C(CN[C@@H](CO)C(=O)O)c1ccc(Cl)cc1. The molecule has 3 N–H and O–H groups in total. The summed E-state index contributed by atoms with van der Waals surface area (Å²) >= 11 is 5.67. The van der Waals surface area contributed by atoms with Crippen molar-refractivity contribution in [2.75, 3.05) is 13.2 Å². The van der Waals surface area contributed by atoms with Gasteiger partial charge >= 0.3 is 5.97 Å². The van der Waals surface area contributed by atoms with Gasteiger partial charge in [0.1, 0.15) is 6.04 Å². The Labute approximate surface area is 103 Å². The molecule has 17 heavy (non-hydrogen) atoms. The number of hydrogen-bond acceptors (Lipinski definition) is 4. The van der Waals surface area contributed by atoms with Crippen LogP contribution in [0.5, 0.6) is 0 Å². The number of hydrogen-bond donors (Lipinski definition) is 3. The fraction of sp³-hybridized carbons (Fsp3) is 0.273. The van der Waals surface area contributed by atoms with Gasteiger partial charge in [-0.2, -0.15) is 0 Å². The van der Waals surface area contributed by atoms with Crippen LogP contribution in [-0.4, -0.2) is 41.2 Å². The predicted octanol–water partition coefficient (Wildman–Crippen LogP) is 0.558. The molecule has 0 aromatic heterocycles. The number of carbonyl (C=O) groups excluding carboxylic acids is 1. The molecule has 0 amide bonds. The number of halogens is 1. The number of carboxylic acids is 1. The first-order valence-electron chi connectivity index (χ1n) is 4.90. The highest BCUT2D eigenvalue weighted by Gasteiger charge is 2.16. The van der Waals surface area contributed by atoms with Crippen molar-refractivity contribution in [3.8, 4) is 0 Å². The lowest BCUT2D eigenvalue weighted by Gasteiger charge is -2.10. The molecule has 0 heterocycles. The highest BCUT2D eigenvalue weighted by molar-refractivity contribution is 6.30. The number of aliphatic hydroxyl groups is 1. The minimum atomic E-state index is -1.20. The van der Waals surface area contributed by atoms with Crippen LogP contribution in [0.2, 0.25) is 5.02 Å². The second kappa shape index (κ2) is 6.34. The summed E-state index contributed by atoms with van der Waals surface area (Å²) in [6.07, 6.45) is 0. The van der Waals surface area contributed by atoms with Crippen LogP contribution in [0.4, 0.5) is 0 Å². The molecule has 5 nitrogen and oxygen atoms in total. The minimum absolute atomic E-state index is 0.154. The zero-order valence-electron chi connectivity index (χ0n) is 8.89. The van der Waals surface area contributed by atoms with E-state index in [-0.39, 0.29) is 12.3 Å². The van der Waals surface area contributed by atoms with Crippen molar-refractivity contribution in [2.24, 2.45) is 0 Å². The molecular weight excluding hydrogens is 246 g/mol. The summed E-state index contributed by atoms with van der Waals surface area (Å²) in [5.74, 6) is -1.46. The van der Waals surface area contributed by atoms with E-state index in [0.717, 1.165) is 0 Å². The number of carboxylic acid groups (broad SMARTS) is 1. The fourth-order valence-electron chi connectivity index (χ4n) is 1.18. The van der Waals surface area contributed by atoms with E-state index in [9.17, 15) is 9.59 Å². The fourth-order valence-corrected chi connectivity index (χ4v) is 1.31. The quantitative estimate of drug-likeness (QED) is 0.648. The van der Waals surface area contributed by atoms with E-state index in [0.29, 0.717) is 10.6 Å². The minimum Gasteiger partial charge on any atom is -0.480 e. The lowest BCUT2D eigenvalue weighted by atomic mass is 10.1. The number of Topliss-reactive ketones (excluding diaryl/α,β-unsaturated/α-hetero) is 1. The van der Waals surface area contributed by atoms with Gasteiger partial charge in [-0.05, 0) is 24.3 Å². The molecule has 1 rings (SSSR count). The Morgan fingerprint density at radius 3 is 2.35 bits per heavy atom. The normalized spacial score (nSPS) is 12.1. The maximum Gasteiger partial charge on any atom is 0.323 e. The van der Waals surface area contributed by atoms with Crippen molar-refractivity contribution in [3.05, 3.63) is 34.9 Å². The number of aliphatic carboxylic acids is 1. The van der Waals surface area contributed by atoms with Crippen LogP contribution < -0.4 is 5.32 Å². The van der Waals surface area contributed by atoms with E-state index in [4.69, 9.17) is 21.8 Å². The monoisotopic (exact) mass is 257 g/mol. The molecule has 0 unspecified atom stereocenters. The average molecular weight is 258 g/mol. The third kappa shape index (κ3) is 4.14. The molecule has 0 aliphatic rings. The number of carbonyl (C=O) groups is 2. The summed E-state index contributed by atoms with van der Waals surface area (Å²) in [4.78, 5) is 22.2. The van der Waals surface area contributed by atoms with Crippen molar-refractivity contribution in [1.29, 1.82) is 0 Å². The zero-order valence-corrected chi connectivity index (χ0v) is 9.65. The van der Waals surface area contributed by atoms with Gasteiger partial charge in [0, 0.05) is 10.6 Å². The molecule has 1 aromatic rings. The Balaban J connectivity index is 2.55. The lowest BCUT2D eigenvalue weighted by Crippen LogP contribution is -2.42. The molecule has 0 bridgehead atoms. The molecule has 6 heteroatoms. The van der Waals surface area contributed by atoms with Crippen LogP contribution in [0.3, 0.4) is 0 Å². The van der Waals surface area contributed by atoms with Gasteiger partial charge in [0.25, 0.3) is 0 Å². The first kappa shape index (κ1) is 13.6. The van der Waals surface area contributed by atoms with Gasteiger partial charge in [-0.15, -0.1) is 0 Å². The van der Waals surface area contributed by atoms with Gasteiger partial charge in [-0.25, -0.2) is 0 Å². The van der Waals surface area contributed by atoms with Gasteiger partial charge in [0.05, 0.1) is 13.2 Å². The van der Waals surface area contributed by atoms with E-state index >= 15 is 0 Å². The van der Waals surface area contributed by atoms with E-state index in [1.807, 2.05) is 0 Å². The van der Waals surface area contributed by atoms with Crippen molar-refractivity contribution in [2.45, 2.75) is 6.04 Å². The zero-order chi connectivity index (χ0) is 12.8. The van der Waals surface area contributed by atoms with Crippen LogP contribution >= 0.6 is 11.6 Å². The molecule has 0 aliphatic heterocycles. The molecule has 1 aromatic carbocycles. The van der Waals surface area contributed by atoms with Gasteiger partial charge in [-0.1, -0.05) is 11.6 Å². The second-order valence-corrected chi connectivity index (χ2v) is 3.82. The first-order valence-corrected chi connectivity index (χ1v) is 5.28. The number of ketones is 1. The summed E-state index contributed by atoms with van der Waals surface area (Å²) in [6.45, 7) is -0.720. The summed E-state index contributed by atoms with van der Waals surface area (Å²) < 4.78 is 0. The molecule has 92 valence electrons. The van der Waals surface area contributed by atoms with Gasteiger partial charge in [-0.3, -0.25) is 14.9 Å². The van der Waals surface area contributed by atoms with Crippen molar-refractivity contribution in [1.82, 2.24) is 5.32 Å². The third-order valence-electron chi connectivity index (χ3n) is 2.16. The second-order valence-electron chi connectivity index (χ2n) is 3.38. The van der Waals surface area contributed by atoms with Gasteiger partial charge < -0.3 is 10.2 Å². The Morgan fingerprint density at radius 1 is 1.29 bits per heavy atom. The number of benzene rings is 1. The van der Waals surface area contributed by atoms with E-state index in [1.54, 1.807) is 24.3 Å².